The van der Waals surface area contributed by atoms with Crippen LogP contribution in [0, 0.1) is 5.82 Å². The molecule has 2 aromatic carbocycles. The molecule has 0 saturated carbocycles. The first-order valence-corrected chi connectivity index (χ1v) is 10.0. The van der Waals surface area contributed by atoms with Gasteiger partial charge in [0.2, 0.25) is 11.1 Å². The van der Waals surface area contributed by atoms with Gasteiger partial charge in [0.25, 0.3) is 0 Å². The molecule has 0 spiro atoms. The molecule has 0 aliphatic heterocycles. The van der Waals surface area contributed by atoms with Crippen molar-refractivity contribution in [2.75, 3.05) is 18.2 Å². The van der Waals surface area contributed by atoms with Gasteiger partial charge in [-0.1, -0.05) is 23.9 Å². The number of aromatic nitrogens is 4. The molecular weight excluding hydrogens is 405 g/mol. The Balaban J connectivity index is 1.53. The van der Waals surface area contributed by atoms with Crippen molar-refractivity contribution < 1.29 is 13.9 Å². The van der Waals surface area contributed by atoms with Crippen LogP contribution in [-0.2, 0) is 4.79 Å². The van der Waals surface area contributed by atoms with E-state index in [1.54, 1.807) is 52.9 Å². The van der Waals surface area contributed by atoms with Crippen LogP contribution in [-0.4, -0.2) is 38.3 Å². The first kappa shape index (κ1) is 19.7. The Morgan fingerprint density at radius 2 is 1.87 bits per heavy atom. The Bertz CT molecular complexity index is 1140. The summed E-state index contributed by atoms with van der Waals surface area (Å²) in [6, 6.07) is 17.0. The quantitative estimate of drug-likeness (QED) is 0.456. The maximum atomic E-state index is 13.7. The number of amides is 1. The smallest absolute Gasteiger partial charge is 0.234 e. The van der Waals surface area contributed by atoms with Gasteiger partial charge in [-0.05, 0) is 48.5 Å². The first-order valence-electron chi connectivity index (χ1n) is 9.06. The number of nitrogens with zero attached hydrogens (tertiary/aromatic N) is 4. The van der Waals surface area contributed by atoms with Gasteiger partial charge in [0.1, 0.15) is 11.6 Å². The third kappa shape index (κ3) is 4.36. The molecule has 0 bridgehead atoms. The second-order valence-electron chi connectivity index (χ2n) is 6.26. The molecule has 4 aromatic rings. The van der Waals surface area contributed by atoms with Crippen LogP contribution in [0.5, 0.6) is 5.75 Å². The number of carbonyl (C=O) groups excluding carboxylic acids is 1. The predicted molar refractivity (Wildman–Crippen MR) is 113 cm³/mol. The van der Waals surface area contributed by atoms with E-state index in [1.165, 1.54) is 23.9 Å². The average Bonchev–Trinajstić information content (AvgIpc) is 3.42. The van der Waals surface area contributed by atoms with E-state index in [0.717, 1.165) is 0 Å². The van der Waals surface area contributed by atoms with Crippen LogP contribution < -0.4 is 10.1 Å². The lowest BCUT2D eigenvalue weighted by molar-refractivity contribution is -0.113. The molecule has 1 N–H and O–H groups in total. The summed E-state index contributed by atoms with van der Waals surface area (Å²) in [5.41, 5.74) is 1.26. The highest BCUT2D eigenvalue weighted by Gasteiger charge is 2.17. The second-order valence-corrected chi connectivity index (χ2v) is 7.20. The molecule has 9 heteroatoms. The van der Waals surface area contributed by atoms with Gasteiger partial charge in [0.05, 0.1) is 12.9 Å². The van der Waals surface area contributed by atoms with E-state index < -0.39 is 0 Å². The minimum Gasteiger partial charge on any atom is -0.497 e. The summed E-state index contributed by atoms with van der Waals surface area (Å²) in [6.07, 6.45) is 3.65. The zero-order chi connectivity index (χ0) is 20.9. The minimum atomic E-state index is -0.359. The van der Waals surface area contributed by atoms with Gasteiger partial charge >= 0.3 is 0 Å². The van der Waals surface area contributed by atoms with E-state index in [9.17, 15) is 9.18 Å². The lowest BCUT2D eigenvalue weighted by Gasteiger charge is -2.11. The van der Waals surface area contributed by atoms with Gasteiger partial charge in [0.15, 0.2) is 5.82 Å². The molecule has 2 aromatic heterocycles. The molecule has 2 heterocycles. The van der Waals surface area contributed by atoms with Crippen LogP contribution in [0.15, 0.2) is 78.2 Å². The summed E-state index contributed by atoms with van der Waals surface area (Å²) in [4.78, 5) is 12.4. The van der Waals surface area contributed by atoms with Gasteiger partial charge in [-0.25, -0.2) is 9.07 Å². The molecule has 0 saturated heterocycles. The van der Waals surface area contributed by atoms with Gasteiger partial charge in [0, 0.05) is 23.6 Å². The van der Waals surface area contributed by atoms with Crippen molar-refractivity contribution >= 4 is 23.4 Å². The van der Waals surface area contributed by atoms with Crippen LogP contribution >= 0.6 is 11.8 Å². The van der Waals surface area contributed by atoms with Crippen molar-refractivity contribution in [3.05, 3.63) is 78.9 Å². The Labute approximate surface area is 176 Å². The Kier molecular flexibility index (Phi) is 5.80. The van der Waals surface area contributed by atoms with Crippen LogP contribution in [0.3, 0.4) is 0 Å². The summed E-state index contributed by atoms with van der Waals surface area (Å²) in [5.74, 6) is 0.784. The van der Waals surface area contributed by atoms with E-state index in [0.29, 0.717) is 28.0 Å². The molecule has 0 atom stereocenters. The molecule has 1 amide bonds. The van der Waals surface area contributed by atoms with E-state index >= 15 is 0 Å². The molecule has 4 rings (SSSR count). The zero-order valence-electron chi connectivity index (χ0n) is 16.0. The van der Waals surface area contributed by atoms with E-state index in [1.807, 2.05) is 24.5 Å². The fraction of sp³-hybridized carbons (Fsp3) is 0.0952. The first-order chi connectivity index (χ1) is 14.6. The number of methoxy groups -OCH3 is 1. The van der Waals surface area contributed by atoms with Crippen molar-refractivity contribution in [3.8, 4) is 17.1 Å². The van der Waals surface area contributed by atoms with Crippen molar-refractivity contribution in [1.82, 2.24) is 19.5 Å². The summed E-state index contributed by atoms with van der Waals surface area (Å²) >= 11 is 1.24. The molecular formula is C21H18FN5O2S. The summed E-state index contributed by atoms with van der Waals surface area (Å²) in [7, 11) is 1.59. The Morgan fingerprint density at radius 1 is 1.10 bits per heavy atom. The number of anilines is 1. The van der Waals surface area contributed by atoms with Crippen molar-refractivity contribution in [3.63, 3.8) is 0 Å². The molecule has 0 unspecified atom stereocenters. The number of hydrogen-bond acceptors (Lipinski definition) is 5. The average molecular weight is 423 g/mol. The van der Waals surface area contributed by atoms with Crippen LogP contribution in [0.4, 0.5) is 10.1 Å². The van der Waals surface area contributed by atoms with E-state index in [4.69, 9.17) is 4.74 Å². The van der Waals surface area contributed by atoms with Gasteiger partial charge in [-0.3, -0.25) is 9.47 Å². The largest absolute Gasteiger partial charge is 0.497 e. The molecule has 0 aliphatic carbocycles. The fourth-order valence-corrected chi connectivity index (χ4v) is 3.57. The topological polar surface area (TPSA) is 74.0 Å². The molecule has 0 fully saturated rings. The standard InChI is InChI=1S/C21H18FN5O2S/c1-29-18-9-7-17(8-10-18)23-19(28)14-30-21-25-24-20(15-5-4-6-16(22)13-15)27(21)26-11-2-3-12-26/h2-13H,14H2,1H3,(H,23,28). The molecule has 7 nitrogen and oxygen atoms in total. The monoisotopic (exact) mass is 423 g/mol. The highest BCUT2D eigenvalue weighted by Crippen LogP contribution is 2.25. The molecule has 0 aliphatic rings. The number of rotatable bonds is 7. The summed E-state index contributed by atoms with van der Waals surface area (Å²) < 4.78 is 22.3. The van der Waals surface area contributed by atoms with Crippen molar-refractivity contribution in [2.24, 2.45) is 0 Å². The highest BCUT2D eigenvalue weighted by atomic mass is 32.2. The highest BCUT2D eigenvalue weighted by molar-refractivity contribution is 7.99. The lowest BCUT2D eigenvalue weighted by Crippen LogP contribution is -2.15. The second kappa shape index (κ2) is 8.83. The molecule has 152 valence electrons. The van der Waals surface area contributed by atoms with Gasteiger partial charge in [-0.15, -0.1) is 10.2 Å². The van der Waals surface area contributed by atoms with E-state index in [2.05, 4.69) is 15.5 Å². The maximum absolute atomic E-state index is 13.7. The van der Waals surface area contributed by atoms with Crippen LogP contribution in [0.1, 0.15) is 0 Å². The summed E-state index contributed by atoms with van der Waals surface area (Å²) in [6.45, 7) is 0. The lowest BCUT2D eigenvalue weighted by atomic mass is 10.2. The zero-order valence-corrected chi connectivity index (χ0v) is 16.8. The third-order valence-electron chi connectivity index (χ3n) is 4.22. The maximum Gasteiger partial charge on any atom is 0.234 e. The minimum absolute atomic E-state index is 0.134. The molecule has 30 heavy (non-hydrogen) atoms. The molecule has 0 radical (unpaired) electrons. The third-order valence-corrected chi connectivity index (χ3v) is 5.14. The number of benzene rings is 2. The fourth-order valence-electron chi connectivity index (χ4n) is 2.83. The summed E-state index contributed by atoms with van der Waals surface area (Å²) in [5, 5.41) is 11.8. The van der Waals surface area contributed by atoms with Gasteiger partial charge < -0.3 is 10.1 Å². The van der Waals surface area contributed by atoms with Crippen molar-refractivity contribution in [2.45, 2.75) is 5.16 Å². The number of ether oxygens (including phenoxy) is 1. The number of thioether (sulfide) groups is 1. The number of hydrogen-bond donors (Lipinski definition) is 1. The van der Waals surface area contributed by atoms with Crippen molar-refractivity contribution in [1.29, 1.82) is 0 Å². The Morgan fingerprint density at radius 3 is 2.57 bits per heavy atom. The SMILES string of the molecule is COc1ccc(NC(=O)CSc2nnc(-c3cccc(F)c3)n2-n2cccc2)cc1. The van der Waals surface area contributed by atoms with Gasteiger partial charge in [-0.2, -0.15) is 0 Å². The normalized spacial score (nSPS) is 10.7. The Hall–Kier alpha value is -3.59. The number of nitrogens with one attached hydrogen (secondary N) is 1. The van der Waals surface area contributed by atoms with Crippen LogP contribution in [0.25, 0.3) is 11.4 Å². The van der Waals surface area contributed by atoms with Crippen LogP contribution in [0.2, 0.25) is 0 Å². The predicted octanol–water partition coefficient (Wildman–Crippen LogP) is 3.94. The van der Waals surface area contributed by atoms with E-state index in [-0.39, 0.29) is 17.5 Å². The number of halogens is 1. The number of carbonyl (C=O) groups is 1.